The lowest BCUT2D eigenvalue weighted by molar-refractivity contribution is 0.0639. The Kier molecular flexibility index (Phi) is 6.32. The highest BCUT2D eigenvalue weighted by molar-refractivity contribution is 6.76. The van der Waals surface area contributed by atoms with Gasteiger partial charge in [0.15, 0.2) is 5.82 Å². The maximum atomic E-state index is 6.10. The molecule has 0 aliphatic heterocycles. The zero-order valence-electron chi connectivity index (χ0n) is 15.7. The largest absolute Gasteiger partial charge is 0.460 e. The number of halogens is 1. The van der Waals surface area contributed by atoms with E-state index in [1.54, 1.807) is 16.9 Å². The molecule has 142 valence electrons. The fourth-order valence-electron chi connectivity index (χ4n) is 2.81. The number of rotatable bonds is 8. The third-order valence-electron chi connectivity index (χ3n) is 4.41. The van der Waals surface area contributed by atoms with Crippen LogP contribution in [0, 0.1) is 0 Å². The zero-order chi connectivity index (χ0) is 18.6. The molecule has 1 saturated carbocycles. The van der Waals surface area contributed by atoms with Crippen molar-refractivity contribution in [2.24, 2.45) is 0 Å². The molecule has 2 aromatic heterocycles. The Morgan fingerprint density at radius 1 is 1.23 bits per heavy atom. The molecule has 0 N–H and O–H groups in total. The molecule has 1 fully saturated rings. The summed E-state index contributed by atoms with van der Waals surface area (Å²) in [5.41, 5.74) is 0.812. The first-order valence-electron chi connectivity index (χ1n) is 9.22. The minimum absolute atomic E-state index is 0.219. The predicted molar refractivity (Wildman–Crippen MR) is 105 cm³/mol. The third-order valence-corrected chi connectivity index (χ3v) is 6.34. The van der Waals surface area contributed by atoms with Crippen molar-refractivity contribution in [2.75, 3.05) is 6.61 Å². The van der Waals surface area contributed by atoms with Crippen molar-refractivity contribution in [1.29, 1.82) is 0 Å². The second kappa shape index (κ2) is 8.50. The van der Waals surface area contributed by atoms with E-state index in [1.807, 2.05) is 6.07 Å². The second-order valence-corrected chi connectivity index (χ2v) is 14.0. The quantitative estimate of drug-likeness (QED) is 0.371. The van der Waals surface area contributed by atoms with Gasteiger partial charge in [-0.05, 0) is 43.9 Å². The van der Waals surface area contributed by atoms with Crippen molar-refractivity contribution in [3.63, 3.8) is 0 Å². The fourth-order valence-corrected chi connectivity index (χ4v) is 3.68. The van der Waals surface area contributed by atoms with Gasteiger partial charge in [-0.15, -0.1) is 5.10 Å². The van der Waals surface area contributed by atoms with Crippen LogP contribution in [0.1, 0.15) is 25.7 Å². The van der Waals surface area contributed by atoms with Crippen LogP contribution < -0.4 is 4.74 Å². The number of ether oxygens (including phenoxy) is 2. The molecule has 1 aliphatic carbocycles. The Hall–Kier alpha value is -1.44. The third kappa shape index (κ3) is 5.53. The zero-order valence-corrected chi connectivity index (χ0v) is 17.5. The molecular formula is C18H27ClN4O2Si. The predicted octanol–water partition coefficient (Wildman–Crippen LogP) is 4.63. The van der Waals surface area contributed by atoms with Crippen LogP contribution in [-0.2, 0) is 11.5 Å². The summed E-state index contributed by atoms with van der Waals surface area (Å²) in [5, 5.41) is 5.02. The summed E-state index contributed by atoms with van der Waals surface area (Å²) in [5.74, 6) is 0.580. The van der Waals surface area contributed by atoms with Gasteiger partial charge in [-0.1, -0.05) is 31.2 Å². The van der Waals surface area contributed by atoms with E-state index in [2.05, 4.69) is 34.7 Å². The summed E-state index contributed by atoms with van der Waals surface area (Å²) in [6, 6.07) is 5.24. The molecule has 2 aromatic rings. The molecule has 0 amide bonds. The monoisotopic (exact) mass is 394 g/mol. The Labute approximate surface area is 160 Å². The van der Waals surface area contributed by atoms with E-state index in [-0.39, 0.29) is 6.10 Å². The van der Waals surface area contributed by atoms with Crippen LogP contribution in [0.4, 0.5) is 0 Å². The number of pyridine rings is 1. The highest BCUT2D eigenvalue weighted by Gasteiger charge is 2.21. The minimum atomic E-state index is -1.11. The molecule has 0 spiro atoms. The summed E-state index contributed by atoms with van der Waals surface area (Å²) in [6.07, 6.45) is 6.45. The lowest BCUT2D eigenvalue weighted by Gasteiger charge is -2.16. The van der Waals surface area contributed by atoms with Crippen molar-refractivity contribution >= 4 is 19.7 Å². The van der Waals surface area contributed by atoms with E-state index >= 15 is 0 Å². The van der Waals surface area contributed by atoms with Gasteiger partial charge in [0.25, 0.3) is 0 Å². The van der Waals surface area contributed by atoms with Crippen molar-refractivity contribution in [3.8, 4) is 17.4 Å². The Morgan fingerprint density at radius 2 is 2.00 bits per heavy atom. The second-order valence-electron chi connectivity index (χ2n) is 7.96. The van der Waals surface area contributed by atoms with Crippen LogP contribution >= 0.6 is 11.6 Å². The van der Waals surface area contributed by atoms with Gasteiger partial charge >= 0.3 is 6.01 Å². The molecule has 0 unspecified atom stereocenters. The average molecular weight is 395 g/mol. The number of aromatic nitrogens is 4. The van der Waals surface area contributed by atoms with E-state index in [4.69, 9.17) is 21.1 Å². The van der Waals surface area contributed by atoms with E-state index in [0.717, 1.165) is 31.1 Å². The van der Waals surface area contributed by atoms with Crippen LogP contribution in [0.2, 0.25) is 30.8 Å². The lowest BCUT2D eigenvalue weighted by atomic mass is 10.3. The Bertz CT molecular complexity index is 709. The van der Waals surface area contributed by atoms with Crippen LogP contribution in [0.3, 0.4) is 0 Å². The molecule has 2 heterocycles. The first kappa shape index (κ1) is 19.3. The maximum Gasteiger partial charge on any atom is 0.317 e. The van der Waals surface area contributed by atoms with Crippen LogP contribution in [0.5, 0.6) is 6.01 Å². The van der Waals surface area contributed by atoms with Gasteiger partial charge in [0.2, 0.25) is 0 Å². The molecule has 8 heteroatoms. The highest BCUT2D eigenvalue weighted by Crippen LogP contribution is 2.25. The molecule has 1 aliphatic rings. The molecular weight excluding hydrogens is 368 g/mol. The normalized spacial score (nSPS) is 15.5. The fraction of sp³-hybridized carbons (Fsp3) is 0.611. The van der Waals surface area contributed by atoms with Gasteiger partial charge in [-0.3, -0.25) is 0 Å². The molecule has 0 saturated heterocycles. The first-order chi connectivity index (χ1) is 12.4. The number of hydrogen-bond donors (Lipinski definition) is 0. The van der Waals surface area contributed by atoms with Crippen LogP contribution in [0.25, 0.3) is 11.4 Å². The van der Waals surface area contributed by atoms with Gasteiger partial charge in [-0.2, -0.15) is 9.67 Å². The molecule has 3 rings (SSSR count). The molecule has 0 aromatic carbocycles. The number of hydrogen-bond acceptors (Lipinski definition) is 5. The van der Waals surface area contributed by atoms with E-state index in [1.165, 1.54) is 12.8 Å². The molecule has 0 atom stereocenters. The van der Waals surface area contributed by atoms with Gasteiger partial charge in [0.05, 0.1) is 0 Å². The molecule has 0 bridgehead atoms. The van der Waals surface area contributed by atoms with Crippen molar-refractivity contribution in [3.05, 3.63) is 23.5 Å². The average Bonchev–Trinajstić information content (AvgIpc) is 3.22. The van der Waals surface area contributed by atoms with Gasteiger partial charge in [0.1, 0.15) is 18.0 Å². The topological polar surface area (TPSA) is 62.1 Å². The van der Waals surface area contributed by atoms with Gasteiger partial charge in [0, 0.05) is 26.4 Å². The van der Waals surface area contributed by atoms with Crippen LogP contribution in [-0.4, -0.2) is 40.5 Å². The Morgan fingerprint density at radius 3 is 2.65 bits per heavy atom. The SMILES string of the molecule is C[Si](C)(C)CCOCn1nc(-c2ccc(Cl)nc2)nc1OC1CCCC1. The van der Waals surface area contributed by atoms with Crippen LogP contribution in [0.15, 0.2) is 18.3 Å². The standard InChI is InChI=1S/C18H27ClN4O2Si/c1-26(2,3)11-10-24-13-23-18(25-15-6-4-5-7-15)21-17(22-23)14-8-9-16(19)20-12-14/h8-9,12,15H,4-7,10-11,13H2,1-3H3. The van der Waals surface area contributed by atoms with Gasteiger partial charge in [-0.25, -0.2) is 4.98 Å². The first-order valence-corrected chi connectivity index (χ1v) is 13.3. The van der Waals surface area contributed by atoms with E-state index in [0.29, 0.717) is 23.7 Å². The number of nitrogens with zero attached hydrogens (tertiary/aromatic N) is 4. The smallest absolute Gasteiger partial charge is 0.317 e. The van der Waals surface area contributed by atoms with Gasteiger partial charge < -0.3 is 9.47 Å². The summed E-state index contributed by atoms with van der Waals surface area (Å²) < 4.78 is 13.7. The maximum absolute atomic E-state index is 6.10. The van der Waals surface area contributed by atoms with E-state index < -0.39 is 8.07 Å². The molecule has 6 nitrogen and oxygen atoms in total. The van der Waals surface area contributed by atoms with Crippen molar-refractivity contribution in [2.45, 2.75) is 64.2 Å². The van der Waals surface area contributed by atoms with Crippen molar-refractivity contribution in [1.82, 2.24) is 19.7 Å². The summed E-state index contributed by atoms with van der Waals surface area (Å²) in [6.45, 7) is 8.10. The lowest BCUT2D eigenvalue weighted by Crippen LogP contribution is -2.22. The summed E-state index contributed by atoms with van der Waals surface area (Å²) >= 11 is 5.87. The summed E-state index contributed by atoms with van der Waals surface area (Å²) in [7, 11) is -1.11. The highest BCUT2D eigenvalue weighted by atomic mass is 35.5. The summed E-state index contributed by atoms with van der Waals surface area (Å²) in [4.78, 5) is 8.69. The van der Waals surface area contributed by atoms with Crippen molar-refractivity contribution < 1.29 is 9.47 Å². The minimum Gasteiger partial charge on any atom is -0.460 e. The Balaban J connectivity index is 1.72. The van der Waals surface area contributed by atoms with E-state index in [9.17, 15) is 0 Å². The molecule has 0 radical (unpaired) electrons. The molecule has 26 heavy (non-hydrogen) atoms.